The summed E-state index contributed by atoms with van der Waals surface area (Å²) in [6.45, 7) is 7.29. The number of hydrogen-bond donors (Lipinski definition) is 0. The smallest absolute Gasteiger partial charge is 0.343 e. The van der Waals surface area contributed by atoms with Gasteiger partial charge in [-0.1, -0.05) is 36.4 Å². The van der Waals surface area contributed by atoms with E-state index in [-0.39, 0.29) is 5.97 Å². The molecule has 0 aromatic heterocycles. The summed E-state index contributed by atoms with van der Waals surface area (Å²) in [5.74, 6) is 0.170. The molecule has 2 heteroatoms. The summed E-state index contributed by atoms with van der Waals surface area (Å²) in [5, 5.41) is 0. The molecule has 0 unspecified atom stereocenters. The van der Waals surface area contributed by atoms with Crippen molar-refractivity contribution in [3.8, 4) is 5.75 Å². The van der Waals surface area contributed by atoms with Crippen LogP contribution in [0.15, 0.2) is 48.6 Å². The predicted octanol–water partition coefficient (Wildman–Crippen LogP) is 3.03. The first-order valence-electron chi connectivity index (χ1n) is 4.75. The quantitative estimate of drug-likeness (QED) is 0.326. The third kappa shape index (κ3) is 3.09. The van der Waals surface area contributed by atoms with Gasteiger partial charge in [0.25, 0.3) is 0 Å². The number of benzene rings is 1. The molecule has 0 spiro atoms. The molecule has 2 nitrogen and oxygen atoms in total. The molecule has 0 bridgehead atoms. The zero-order valence-corrected chi connectivity index (χ0v) is 8.99. The molecule has 1 aromatic rings. The van der Waals surface area contributed by atoms with Crippen LogP contribution in [0.3, 0.4) is 0 Å². The molecule has 0 aliphatic carbocycles. The van der Waals surface area contributed by atoms with E-state index in [2.05, 4.69) is 6.58 Å². The van der Waals surface area contributed by atoms with Crippen LogP contribution in [-0.4, -0.2) is 5.97 Å². The summed E-state index contributed by atoms with van der Waals surface area (Å²) in [7, 11) is 0. The van der Waals surface area contributed by atoms with Crippen molar-refractivity contribution in [3.05, 3.63) is 54.1 Å². The normalized spacial score (nSPS) is 10.9. The molecule has 0 aliphatic rings. The van der Waals surface area contributed by atoms with Crippen molar-refractivity contribution < 1.29 is 9.53 Å². The average Bonchev–Trinajstić information content (AvgIpc) is 2.23. The van der Waals surface area contributed by atoms with E-state index in [0.717, 1.165) is 5.56 Å². The number of ether oxygens (including phenoxy) is 1. The number of esters is 1. The fourth-order valence-electron chi connectivity index (χ4n) is 1.09. The maximum absolute atomic E-state index is 11.5. The Hall–Kier alpha value is -1.83. The van der Waals surface area contributed by atoms with Gasteiger partial charge in [0.1, 0.15) is 5.75 Å². The van der Waals surface area contributed by atoms with Gasteiger partial charge in [0.2, 0.25) is 0 Å². The minimum absolute atomic E-state index is 0.378. The highest BCUT2D eigenvalue weighted by Crippen LogP contribution is 2.13. The van der Waals surface area contributed by atoms with Gasteiger partial charge in [0, 0.05) is 0 Å². The molecule has 0 heterocycles. The van der Waals surface area contributed by atoms with E-state index in [1.807, 2.05) is 19.1 Å². The van der Waals surface area contributed by atoms with Gasteiger partial charge in [-0.25, -0.2) is 4.79 Å². The van der Waals surface area contributed by atoms with Gasteiger partial charge in [-0.2, -0.15) is 0 Å². The molecule has 1 aromatic carbocycles. The lowest BCUT2D eigenvalue weighted by Gasteiger charge is -2.04. The first kappa shape index (κ1) is 11.2. The van der Waals surface area contributed by atoms with Crippen LogP contribution in [0.2, 0.25) is 0 Å². The summed E-state index contributed by atoms with van der Waals surface area (Å²) in [5.41, 5.74) is 1.60. The van der Waals surface area contributed by atoms with Crippen LogP contribution in [-0.2, 0) is 4.79 Å². The highest BCUT2D eigenvalue weighted by atomic mass is 16.5. The Morgan fingerprint density at radius 2 is 1.93 bits per heavy atom. The van der Waals surface area contributed by atoms with Gasteiger partial charge in [0.05, 0.1) is 5.57 Å². The number of rotatable bonds is 3. The number of allylic oxidation sites excluding steroid dienone is 1. The van der Waals surface area contributed by atoms with Crippen LogP contribution in [0.5, 0.6) is 5.75 Å². The second-order valence-electron chi connectivity index (χ2n) is 3.15. The Labute approximate surface area is 89.9 Å². The van der Waals surface area contributed by atoms with Crippen LogP contribution in [0.25, 0.3) is 0 Å². The third-order valence-electron chi connectivity index (χ3n) is 2.00. The van der Waals surface area contributed by atoms with Crippen LogP contribution in [0.1, 0.15) is 12.5 Å². The van der Waals surface area contributed by atoms with Gasteiger partial charge in [0.15, 0.2) is 0 Å². The van der Waals surface area contributed by atoms with E-state index >= 15 is 0 Å². The molecule has 1 rings (SSSR count). The van der Waals surface area contributed by atoms with Crippen LogP contribution >= 0.6 is 0 Å². The molecule has 0 amide bonds. The second kappa shape index (κ2) is 5.15. The average molecular weight is 202 g/mol. The van der Waals surface area contributed by atoms with E-state index in [9.17, 15) is 4.79 Å². The van der Waals surface area contributed by atoms with Crippen molar-refractivity contribution in [1.82, 2.24) is 0 Å². The van der Waals surface area contributed by atoms with Crippen molar-refractivity contribution >= 4 is 5.97 Å². The van der Waals surface area contributed by atoms with E-state index < -0.39 is 0 Å². The fraction of sp³-hybridized carbons (Fsp3) is 0.154. The van der Waals surface area contributed by atoms with Crippen molar-refractivity contribution in [2.24, 2.45) is 0 Å². The number of aryl methyl sites for hydroxylation is 1. The van der Waals surface area contributed by atoms with Crippen LogP contribution < -0.4 is 4.74 Å². The van der Waals surface area contributed by atoms with Gasteiger partial charge in [-0.05, 0) is 26.0 Å². The lowest BCUT2D eigenvalue weighted by atomic mass is 10.2. The first-order valence-corrected chi connectivity index (χ1v) is 4.75. The fourth-order valence-corrected chi connectivity index (χ4v) is 1.09. The molecule has 0 N–H and O–H groups in total. The minimum atomic E-state index is -0.378. The summed E-state index contributed by atoms with van der Waals surface area (Å²) < 4.78 is 5.13. The Kier molecular flexibility index (Phi) is 3.86. The second-order valence-corrected chi connectivity index (χ2v) is 3.15. The van der Waals surface area contributed by atoms with Crippen LogP contribution in [0.4, 0.5) is 0 Å². The van der Waals surface area contributed by atoms with E-state index in [0.29, 0.717) is 11.3 Å². The van der Waals surface area contributed by atoms with Gasteiger partial charge in [-0.3, -0.25) is 0 Å². The molecule has 0 saturated heterocycles. The molecular weight excluding hydrogens is 188 g/mol. The standard InChI is InChI=1S/C13H14O2/c1-4-11(5-2)13(14)15-12-8-6-10(3)7-9-12/h4-9H,1H2,2-3H3/b11-5+. The Morgan fingerprint density at radius 3 is 2.40 bits per heavy atom. The van der Waals surface area contributed by atoms with E-state index in [4.69, 9.17) is 4.74 Å². The lowest BCUT2D eigenvalue weighted by Crippen LogP contribution is -2.09. The van der Waals surface area contributed by atoms with Crippen LogP contribution in [0, 0.1) is 6.92 Å². The summed E-state index contributed by atoms with van der Waals surface area (Å²) in [6.07, 6.45) is 3.15. The Balaban J connectivity index is 2.74. The van der Waals surface area contributed by atoms with Gasteiger partial charge >= 0.3 is 5.97 Å². The molecule has 0 aliphatic heterocycles. The number of carbonyl (C=O) groups is 1. The molecule has 0 fully saturated rings. The third-order valence-corrected chi connectivity index (χ3v) is 2.00. The van der Waals surface area contributed by atoms with Crippen molar-refractivity contribution in [2.75, 3.05) is 0 Å². The molecule has 0 saturated carbocycles. The summed E-state index contributed by atoms with van der Waals surface area (Å²) >= 11 is 0. The molecule has 0 radical (unpaired) electrons. The monoisotopic (exact) mass is 202 g/mol. The Morgan fingerprint density at radius 1 is 1.33 bits per heavy atom. The van der Waals surface area contributed by atoms with Gasteiger partial charge in [-0.15, -0.1) is 0 Å². The maximum Gasteiger partial charge on any atom is 0.343 e. The first-order chi connectivity index (χ1) is 7.17. The van der Waals surface area contributed by atoms with E-state index in [1.54, 1.807) is 25.1 Å². The van der Waals surface area contributed by atoms with Crippen molar-refractivity contribution in [3.63, 3.8) is 0 Å². The maximum atomic E-state index is 11.5. The topological polar surface area (TPSA) is 26.3 Å². The number of hydrogen-bond acceptors (Lipinski definition) is 2. The summed E-state index contributed by atoms with van der Waals surface area (Å²) in [6, 6.07) is 7.32. The highest BCUT2D eigenvalue weighted by molar-refractivity contribution is 5.92. The number of carbonyl (C=O) groups excluding carboxylic acids is 1. The molecule has 78 valence electrons. The minimum Gasteiger partial charge on any atom is -0.423 e. The molecule has 0 atom stereocenters. The zero-order valence-electron chi connectivity index (χ0n) is 8.99. The zero-order chi connectivity index (χ0) is 11.3. The largest absolute Gasteiger partial charge is 0.423 e. The Bertz CT molecular complexity index is 386. The molecule has 15 heavy (non-hydrogen) atoms. The lowest BCUT2D eigenvalue weighted by molar-refractivity contribution is -0.129. The van der Waals surface area contributed by atoms with Crippen molar-refractivity contribution in [1.29, 1.82) is 0 Å². The summed E-state index contributed by atoms with van der Waals surface area (Å²) in [4.78, 5) is 11.5. The predicted molar refractivity (Wildman–Crippen MR) is 60.8 cm³/mol. The van der Waals surface area contributed by atoms with Gasteiger partial charge < -0.3 is 4.74 Å². The van der Waals surface area contributed by atoms with E-state index in [1.165, 1.54) is 6.08 Å². The highest BCUT2D eigenvalue weighted by Gasteiger charge is 2.07. The molecular formula is C13H14O2. The van der Waals surface area contributed by atoms with Crippen molar-refractivity contribution in [2.45, 2.75) is 13.8 Å². The SMILES string of the molecule is C=C/C(=C\C)C(=O)Oc1ccc(C)cc1.